The highest BCUT2D eigenvalue weighted by atomic mass is 35.5. The molecule has 4 nitrogen and oxygen atoms in total. The van der Waals surface area contributed by atoms with Crippen molar-refractivity contribution in [2.45, 2.75) is 12.1 Å². The van der Waals surface area contributed by atoms with E-state index in [0.29, 0.717) is 6.07 Å². The van der Waals surface area contributed by atoms with Crippen LogP contribution in [-0.4, -0.2) is 4.92 Å². The van der Waals surface area contributed by atoms with Gasteiger partial charge in [-0.3, -0.25) is 10.1 Å². The lowest BCUT2D eigenvalue weighted by Crippen LogP contribution is -2.11. The number of rotatable bonds is 2. The van der Waals surface area contributed by atoms with Crippen molar-refractivity contribution in [3.63, 3.8) is 0 Å². The lowest BCUT2D eigenvalue weighted by Gasteiger charge is -2.12. The second kappa shape index (κ2) is 4.59. The van der Waals surface area contributed by atoms with Crippen LogP contribution in [0.3, 0.4) is 0 Å². The first kappa shape index (κ1) is 13.3. The van der Waals surface area contributed by atoms with E-state index in [4.69, 9.17) is 16.9 Å². The Kier molecular flexibility index (Phi) is 3.58. The van der Waals surface area contributed by atoms with Gasteiger partial charge in [-0.05, 0) is 5.56 Å². The highest BCUT2D eigenvalue weighted by Gasteiger charge is 2.36. The quantitative estimate of drug-likeness (QED) is 0.468. The van der Waals surface area contributed by atoms with Crippen molar-refractivity contribution in [3.8, 4) is 6.07 Å². The molecular weight excluding hydrogens is 261 g/mol. The molecule has 90 valence electrons. The van der Waals surface area contributed by atoms with Crippen LogP contribution in [0, 0.1) is 21.4 Å². The van der Waals surface area contributed by atoms with Gasteiger partial charge in [-0.2, -0.15) is 18.4 Å². The number of halogens is 4. The van der Waals surface area contributed by atoms with Crippen LogP contribution in [0.2, 0.25) is 0 Å². The largest absolute Gasteiger partial charge is 0.417 e. The van der Waals surface area contributed by atoms with Crippen molar-refractivity contribution in [1.29, 1.82) is 5.26 Å². The number of alkyl halides is 4. The van der Waals surface area contributed by atoms with Crippen LogP contribution in [0.4, 0.5) is 18.9 Å². The van der Waals surface area contributed by atoms with Crippen molar-refractivity contribution in [2.24, 2.45) is 0 Å². The van der Waals surface area contributed by atoms with Gasteiger partial charge in [0.05, 0.1) is 22.1 Å². The minimum Gasteiger partial charge on any atom is -0.258 e. The van der Waals surface area contributed by atoms with Crippen LogP contribution >= 0.6 is 11.6 Å². The molecule has 0 unspecified atom stereocenters. The first-order chi connectivity index (χ1) is 7.81. The third kappa shape index (κ3) is 2.65. The van der Waals surface area contributed by atoms with E-state index in [1.807, 2.05) is 0 Å². The Bertz CT molecular complexity index is 508. The first-order valence-corrected chi connectivity index (χ1v) is 4.69. The van der Waals surface area contributed by atoms with Crippen molar-refractivity contribution >= 4 is 17.3 Å². The third-order valence-electron chi connectivity index (χ3n) is 2.00. The average Bonchev–Trinajstić information content (AvgIpc) is 2.25. The Labute approximate surface area is 98.4 Å². The second-order valence-corrected chi connectivity index (χ2v) is 3.29. The Morgan fingerprint density at radius 1 is 1.47 bits per heavy atom. The Hall–Kier alpha value is -1.81. The number of nitrogens with zero attached hydrogens (tertiary/aromatic N) is 2. The van der Waals surface area contributed by atoms with Crippen LogP contribution < -0.4 is 0 Å². The Balaban J connectivity index is 3.61. The number of nitro groups is 1. The zero-order valence-electron chi connectivity index (χ0n) is 8.08. The molecule has 0 aromatic heterocycles. The Morgan fingerprint density at radius 3 is 2.41 bits per heavy atom. The normalized spacial score (nSPS) is 11.0. The predicted octanol–water partition coefficient (Wildman–Crippen LogP) is 3.22. The van der Waals surface area contributed by atoms with E-state index >= 15 is 0 Å². The van der Waals surface area contributed by atoms with Crippen molar-refractivity contribution < 1.29 is 18.1 Å². The molecule has 1 rings (SSSR count). The molecule has 0 N–H and O–H groups in total. The molecule has 0 heterocycles. The minimum atomic E-state index is -4.79. The van der Waals surface area contributed by atoms with Gasteiger partial charge in [-0.1, -0.05) is 0 Å². The van der Waals surface area contributed by atoms with Crippen LogP contribution in [0.15, 0.2) is 12.1 Å². The van der Waals surface area contributed by atoms with E-state index in [1.165, 1.54) is 6.07 Å². The molecule has 0 saturated carbocycles. The molecule has 1 aromatic rings. The summed E-state index contributed by atoms with van der Waals surface area (Å²) in [4.78, 5) is 9.45. The highest BCUT2D eigenvalue weighted by molar-refractivity contribution is 6.17. The number of hydrogen-bond acceptors (Lipinski definition) is 3. The summed E-state index contributed by atoms with van der Waals surface area (Å²) in [7, 11) is 0. The van der Waals surface area contributed by atoms with Crippen LogP contribution in [0.25, 0.3) is 0 Å². The number of hydrogen-bond donors (Lipinski definition) is 0. The Morgan fingerprint density at radius 2 is 2.06 bits per heavy atom. The van der Waals surface area contributed by atoms with Gasteiger partial charge in [0.15, 0.2) is 0 Å². The van der Waals surface area contributed by atoms with Gasteiger partial charge in [0, 0.05) is 18.0 Å². The van der Waals surface area contributed by atoms with Gasteiger partial charge in [-0.25, -0.2) is 0 Å². The zero-order valence-corrected chi connectivity index (χ0v) is 8.84. The summed E-state index contributed by atoms with van der Waals surface area (Å²) in [5.74, 6) is -0.546. The van der Waals surface area contributed by atoms with Gasteiger partial charge >= 0.3 is 6.18 Å². The van der Waals surface area contributed by atoms with Gasteiger partial charge < -0.3 is 0 Å². The molecule has 0 spiro atoms. The lowest BCUT2D eigenvalue weighted by molar-refractivity contribution is -0.385. The predicted molar refractivity (Wildman–Crippen MR) is 52.4 cm³/mol. The summed E-state index contributed by atoms with van der Waals surface area (Å²) in [6.07, 6.45) is -4.79. The number of benzene rings is 1. The van der Waals surface area contributed by atoms with Crippen LogP contribution in [-0.2, 0) is 12.1 Å². The zero-order chi connectivity index (χ0) is 13.2. The maximum atomic E-state index is 12.6. The summed E-state index contributed by atoms with van der Waals surface area (Å²) in [6.45, 7) is 0. The summed E-state index contributed by atoms with van der Waals surface area (Å²) >= 11 is 5.33. The van der Waals surface area contributed by atoms with Crippen molar-refractivity contribution in [3.05, 3.63) is 38.9 Å². The molecule has 0 radical (unpaired) electrons. The molecule has 17 heavy (non-hydrogen) atoms. The number of non-ortho nitro benzene ring substituents is 1. The van der Waals surface area contributed by atoms with E-state index in [1.54, 1.807) is 0 Å². The minimum absolute atomic E-state index is 0.374. The topological polar surface area (TPSA) is 66.9 Å². The molecule has 0 bridgehead atoms. The SMILES string of the molecule is N#Cc1cc([N+](=O)[O-])cc(C(F)(F)F)c1CCl. The standard InChI is InChI=1S/C9H4ClF3N2O2/c10-3-7-5(4-14)1-6(15(16)17)2-8(7)9(11,12)13/h1-2H,3H2. The van der Waals surface area contributed by atoms with Crippen LogP contribution in [0.1, 0.15) is 16.7 Å². The van der Waals surface area contributed by atoms with E-state index in [-0.39, 0.29) is 0 Å². The molecule has 0 atom stereocenters. The molecule has 0 fully saturated rings. The number of nitriles is 1. The second-order valence-electron chi connectivity index (χ2n) is 3.02. The van der Waals surface area contributed by atoms with Crippen LogP contribution in [0.5, 0.6) is 0 Å². The van der Waals surface area contributed by atoms with Crippen molar-refractivity contribution in [1.82, 2.24) is 0 Å². The summed E-state index contributed by atoms with van der Waals surface area (Å²) < 4.78 is 37.8. The van der Waals surface area contributed by atoms with E-state index in [2.05, 4.69) is 0 Å². The molecule has 0 aliphatic heterocycles. The monoisotopic (exact) mass is 264 g/mol. The molecule has 1 aromatic carbocycles. The molecular formula is C9H4ClF3N2O2. The molecule has 0 aliphatic carbocycles. The first-order valence-electron chi connectivity index (χ1n) is 4.15. The summed E-state index contributed by atoms with van der Waals surface area (Å²) in [6, 6.07) is 2.61. The van der Waals surface area contributed by atoms with E-state index in [9.17, 15) is 23.3 Å². The summed E-state index contributed by atoms with van der Waals surface area (Å²) in [5.41, 5.74) is -2.94. The van der Waals surface area contributed by atoms with E-state index in [0.717, 1.165) is 6.07 Å². The highest BCUT2D eigenvalue weighted by Crippen LogP contribution is 2.36. The molecule has 8 heteroatoms. The molecule has 0 aliphatic rings. The molecule has 0 amide bonds. The fraction of sp³-hybridized carbons (Fsp3) is 0.222. The van der Waals surface area contributed by atoms with E-state index < -0.39 is 39.4 Å². The average molecular weight is 265 g/mol. The van der Waals surface area contributed by atoms with Gasteiger partial charge in [-0.15, -0.1) is 11.6 Å². The lowest BCUT2D eigenvalue weighted by atomic mass is 10.0. The maximum absolute atomic E-state index is 12.6. The van der Waals surface area contributed by atoms with Gasteiger partial charge in [0.2, 0.25) is 0 Å². The number of nitro benzene ring substituents is 1. The van der Waals surface area contributed by atoms with Crippen molar-refractivity contribution in [2.75, 3.05) is 0 Å². The maximum Gasteiger partial charge on any atom is 0.417 e. The fourth-order valence-electron chi connectivity index (χ4n) is 1.26. The van der Waals surface area contributed by atoms with Gasteiger partial charge in [0.1, 0.15) is 0 Å². The summed E-state index contributed by atoms with van der Waals surface area (Å²) in [5, 5.41) is 19.1. The van der Waals surface area contributed by atoms with Gasteiger partial charge in [0.25, 0.3) is 5.69 Å². The fourth-order valence-corrected chi connectivity index (χ4v) is 1.55. The molecule has 0 saturated heterocycles. The smallest absolute Gasteiger partial charge is 0.258 e. The third-order valence-corrected chi connectivity index (χ3v) is 2.27.